The highest BCUT2D eigenvalue weighted by molar-refractivity contribution is 6.31. The van der Waals surface area contributed by atoms with Crippen molar-refractivity contribution in [2.75, 3.05) is 24.5 Å². The molecule has 0 radical (unpaired) electrons. The Labute approximate surface area is 127 Å². The maximum absolute atomic E-state index is 6.22. The number of rotatable bonds is 4. The Morgan fingerprint density at radius 3 is 2.80 bits per heavy atom. The van der Waals surface area contributed by atoms with Crippen LogP contribution in [0.25, 0.3) is 0 Å². The third-order valence-electron chi connectivity index (χ3n) is 4.22. The molecule has 0 aromatic carbocycles. The fraction of sp³-hybridized carbons (Fsp3) is 0.688. The first kappa shape index (κ1) is 15.6. The summed E-state index contributed by atoms with van der Waals surface area (Å²) in [6.45, 7) is 13.0. The summed E-state index contributed by atoms with van der Waals surface area (Å²) in [4.78, 5) is 6.90. The van der Waals surface area contributed by atoms with Crippen molar-refractivity contribution < 1.29 is 0 Å². The minimum atomic E-state index is 0.369. The summed E-state index contributed by atoms with van der Waals surface area (Å²) < 4.78 is 0. The van der Waals surface area contributed by atoms with Gasteiger partial charge in [-0.15, -0.1) is 0 Å². The second-order valence-electron chi connectivity index (χ2n) is 6.71. The van der Waals surface area contributed by atoms with Gasteiger partial charge in [-0.25, -0.2) is 4.98 Å². The zero-order chi connectivity index (χ0) is 14.8. The SMILES string of the molecule is CCNCc1cc(N2CCC(C(C)(C)C)C2)ncc1Cl. The molecule has 2 rings (SSSR count). The lowest BCUT2D eigenvalue weighted by Gasteiger charge is -2.27. The smallest absolute Gasteiger partial charge is 0.128 e. The number of aromatic nitrogens is 1. The average molecular weight is 296 g/mol. The molecule has 4 heteroatoms. The molecular formula is C16H26ClN3. The van der Waals surface area contributed by atoms with Gasteiger partial charge in [-0.2, -0.15) is 0 Å². The Hall–Kier alpha value is -0.800. The molecule has 1 unspecified atom stereocenters. The molecule has 1 atom stereocenters. The highest BCUT2D eigenvalue weighted by atomic mass is 35.5. The molecule has 0 bridgehead atoms. The van der Waals surface area contributed by atoms with E-state index in [1.54, 1.807) is 6.20 Å². The molecule has 2 heterocycles. The molecule has 1 aliphatic rings. The van der Waals surface area contributed by atoms with Crippen molar-refractivity contribution >= 4 is 17.4 Å². The summed E-state index contributed by atoms with van der Waals surface area (Å²) in [5.74, 6) is 1.80. The van der Waals surface area contributed by atoms with Crippen LogP contribution in [0.3, 0.4) is 0 Å². The fourth-order valence-corrected chi connectivity index (χ4v) is 2.88. The van der Waals surface area contributed by atoms with E-state index in [1.807, 2.05) is 0 Å². The second kappa shape index (κ2) is 6.31. The van der Waals surface area contributed by atoms with E-state index in [1.165, 1.54) is 6.42 Å². The van der Waals surface area contributed by atoms with Gasteiger partial charge >= 0.3 is 0 Å². The number of anilines is 1. The molecule has 112 valence electrons. The van der Waals surface area contributed by atoms with Gasteiger partial charge in [0.25, 0.3) is 0 Å². The zero-order valence-electron chi connectivity index (χ0n) is 13.0. The summed E-state index contributed by atoms with van der Waals surface area (Å²) in [5.41, 5.74) is 1.51. The van der Waals surface area contributed by atoms with Crippen molar-refractivity contribution in [1.82, 2.24) is 10.3 Å². The lowest BCUT2D eigenvalue weighted by atomic mass is 9.80. The van der Waals surface area contributed by atoms with Crippen molar-refractivity contribution in [2.24, 2.45) is 11.3 Å². The van der Waals surface area contributed by atoms with E-state index in [4.69, 9.17) is 11.6 Å². The first-order valence-corrected chi connectivity index (χ1v) is 7.89. The first-order chi connectivity index (χ1) is 9.41. The maximum Gasteiger partial charge on any atom is 0.128 e. The van der Waals surface area contributed by atoms with Crippen molar-refractivity contribution in [2.45, 2.75) is 40.7 Å². The van der Waals surface area contributed by atoms with Crippen LogP contribution in [0.4, 0.5) is 5.82 Å². The number of halogens is 1. The predicted molar refractivity (Wildman–Crippen MR) is 86.4 cm³/mol. The predicted octanol–water partition coefficient (Wildman–Crippen LogP) is 3.72. The zero-order valence-corrected chi connectivity index (χ0v) is 13.8. The van der Waals surface area contributed by atoms with Gasteiger partial charge in [0.1, 0.15) is 5.82 Å². The summed E-state index contributed by atoms with van der Waals surface area (Å²) in [6.07, 6.45) is 3.03. The summed E-state index contributed by atoms with van der Waals surface area (Å²) >= 11 is 6.22. The van der Waals surface area contributed by atoms with Crippen LogP contribution < -0.4 is 10.2 Å². The third kappa shape index (κ3) is 3.64. The van der Waals surface area contributed by atoms with E-state index in [-0.39, 0.29) is 0 Å². The number of hydrogen-bond donors (Lipinski definition) is 1. The van der Waals surface area contributed by atoms with Gasteiger partial charge in [-0.05, 0) is 35.9 Å². The number of hydrogen-bond acceptors (Lipinski definition) is 3. The summed E-state index contributed by atoms with van der Waals surface area (Å²) in [5, 5.41) is 4.08. The van der Waals surface area contributed by atoms with Crippen molar-refractivity contribution in [3.63, 3.8) is 0 Å². The quantitative estimate of drug-likeness (QED) is 0.918. The normalized spacial score (nSPS) is 19.6. The minimum Gasteiger partial charge on any atom is -0.356 e. The highest BCUT2D eigenvalue weighted by Gasteiger charge is 2.32. The van der Waals surface area contributed by atoms with Gasteiger partial charge < -0.3 is 10.2 Å². The van der Waals surface area contributed by atoms with Crippen LogP contribution >= 0.6 is 11.6 Å². The molecule has 0 aliphatic carbocycles. The number of nitrogens with one attached hydrogen (secondary N) is 1. The van der Waals surface area contributed by atoms with Gasteiger partial charge in [0, 0.05) is 25.8 Å². The molecule has 3 nitrogen and oxygen atoms in total. The van der Waals surface area contributed by atoms with Crippen LogP contribution in [-0.4, -0.2) is 24.6 Å². The fourth-order valence-electron chi connectivity index (χ4n) is 2.71. The van der Waals surface area contributed by atoms with Crippen LogP contribution in [0.5, 0.6) is 0 Å². The van der Waals surface area contributed by atoms with E-state index in [9.17, 15) is 0 Å². The van der Waals surface area contributed by atoms with Crippen LogP contribution in [0.1, 0.15) is 39.7 Å². The third-order valence-corrected chi connectivity index (χ3v) is 4.56. The van der Waals surface area contributed by atoms with Gasteiger partial charge in [0.2, 0.25) is 0 Å². The molecular weight excluding hydrogens is 270 g/mol. The summed E-state index contributed by atoms with van der Waals surface area (Å²) in [6, 6.07) is 2.13. The van der Waals surface area contributed by atoms with E-state index >= 15 is 0 Å². The lowest BCUT2D eigenvalue weighted by molar-refractivity contribution is 0.263. The Morgan fingerprint density at radius 2 is 2.20 bits per heavy atom. The Morgan fingerprint density at radius 1 is 1.45 bits per heavy atom. The number of pyridine rings is 1. The van der Waals surface area contributed by atoms with Crippen LogP contribution in [0.15, 0.2) is 12.3 Å². The Bertz CT molecular complexity index is 454. The van der Waals surface area contributed by atoms with Crippen molar-refractivity contribution in [3.8, 4) is 0 Å². The first-order valence-electron chi connectivity index (χ1n) is 7.52. The monoisotopic (exact) mass is 295 g/mol. The Balaban J connectivity index is 2.10. The molecule has 1 aromatic rings. The summed E-state index contributed by atoms with van der Waals surface area (Å²) in [7, 11) is 0. The van der Waals surface area contributed by atoms with E-state index in [0.29, 0.717) is 5.41 Å². The van der Waals surface area contributed by atoms with Gasteiger partial charge in [0.05, 0.1) is 5.02 Å². The van der Waals surface area contributed by atoms with E-state index in [2.05, 4.69) is 49.0 Å². The molecule has 1 saturated heterocycles. The molecule has 1 fully saturated rings. The van der Waals surface area contributed by atoms with Crippen molar-refractivity contribution in [1.29, 1.82) is 0 Å². The maximum atomic E-state index is 6.22. The largest absolute Gasteiger partial charge is 0.356 e. The molecule has 0 spiro atoms. The van der Waals surface area contributed by atoms with Gasteiger partial charge in [-0.1, -0.05) is 39.3 Å². The van der Waals surface area contributed by atoms with Gasteiger partial charge in [0.15, 0.2) is 0 Å². The Kier molecular flexibility index (Phi) is 4.92. The van der Waals surface area contributed by atoms with Crippen LogP contribution in [0.2, 0.25) is 5.02 Å². The standard InChI is InChI=1S/C16H26ClN3/c1-5-18-9-12-8-15(19-10-14(12)17)20-7-6-13(11-20)16(2,3)4/h8,10,13,18H,5-7,9,11H2,1-4H3. The van der Waals surface area contributed by atoms with Crippen LogP contribution in [-0.2, 0) is 6.54 Å². The molecule has 0 saturated carbocycles. The van der Waals surface area contributed by atoms with E-state index in [0.717, 1.165) is 48.5 Å². The highest BCUT2D eigenvalue weighted by Crippen LogP contribution is 2.35. The molecule has 0 amide bonds. The van der Waals surface area contributed by atoms with Crippen LogP contribution in [0, 0.1) is 11.3 Å². The van der Waals surface area contributed by atoms with E-state index < -0.39 is 0 Å². The topological polar surface area (TPSA) is 28.2 Å². The van der Waals surface area contributed by atoms with Crippen molar-refractivity contribution in [3.05, 3.63) is 22.8 Å². The number of nitrogens with zero attached hydrogens (tertiary/aromatic N) is 2. The van der Waals surface area contributed by atoms with Gasteiger partial charge in [-0.3, -0.25) is 0 Å². The minimum absolute atomic E-state index is 0.369. The molecule has 1 N–H and O–H groups in total. The molecule has 20 heavy (non-hydrogen) atoms. The lowest BCUT2D eigenvalue weighted by Crippen LogP contribution is -2.26. The average Bonchev–Trinajstić information content (AvgIpc) is 2.87. The molecule has 1 aliphatic heterocycles. The molecule has 1 aromatic heterocycles. The second-order valence-corrected chi connectivity index (χ2v) is 7.12.